The van der Waals surface area contributed by atoms with Crippen LogP contribution in [0.2, 0.25) is 0 Å². The van der Waals surface area contributed by atoms with E-state index in [9.17, 15) is 9.59 Å². The summed E-state index contributed by atoms with van der Waals surface area (Å²) < 4.78 is 5.30. The number of nitrogens with one attached hydrogen (secondary N) is 1. The standard InChI is InChI=1S/C28H28N2O3/c1-17(2)20-10-12-21(13-11-20)29-26-25(24-14-9-18(3)15-19(24)4)27(31)30(28(26)32)22-7-6-8-23(16-22)33-5/h6-17,29H,1-5H3. The lowest BCUT2D eigenvalue weighted by Crippen LogP contribution is -2.32. The number of carbonyl (C=O) groups excluding carboxylic acids is 2. The Bertz CT molecular complexity index is 1260. The van der Waals surface area contributed by atoms with E-state index in [-0.39, 0.29) is 11.6 Å². The maximum atomic E-state index is 13.7. The predicted molar refractivity (Wildman–Crippen MR) is 132 cm³/mol. The van der Waals surface area contributed by atoms with Crippen LogP contribution in [0.3, 0.4) is 0 Å². The predicted octanol–water partition coefficient (Wildman–Crippen LogP) is 5.83. The number of aryl methyl sites for hydroxylation is 2. The fourth-order valence-corrected chi connectivity index (χ4v) is 4.07. The zero-order valence-corrected chi connectivity index (χ0v) is 19.6. The average molecular weight is 441 g/mol. The third-order valence-electron chi connectivity index (χ3n) is 5.89. The molecule has 33 heavy (non-hydrogen) atoms. The highest BCUT2D eigenvalue weighted by atomic mass is 16.5. The number of amides is 2. The molecule has 3 aromatic rings. The summed E-state index contributed by atoms with van der Waals surface area (Å²) in [4.78, 5) is 28.5. The second-order valence-corrected chi connectivity index (χ2v) is 8.62. The van der Waals surface area contributed by atoms with E-state index >= 15 is 0 Å². The summed E-state index contributed by atoms with van der Waals surface area (Å²) in [6.07, 6.45) is 0. The van der Waals surface area contributed by atoms with Crippen molar-refractivity contribution in [3.63, 3.8) is 0 Å². The zero-order chi connectivity index (χ0) is 23.7. The molecule has 1 N–H and O–H groups in total. The molecule has 1 aliphatic rings. The highest BCUT2D eigenvalue weighted by Gasteiger charge is 2.40. The van der Waals surface area contributed by atoms with Crippen LogP contribution in [0.25, 0.3) is 5.57 Å². The van der Waals surface area contributed by atoms with Gasteiger partial charge in [0.05, 0.1) is 18.4 Å². The largest absolute Gasteiger partial charge is 0.497 e. The first kappa shape index (κ1) is 22.3. The van der Waals surface area contributed by atoms with Crippen LogP contribution in [-0.2, 0) is 9.59 Å². The van der Waals surface area contributed by atoms with Gasteiger partial charge in [-0.1, -0.05) is 55.8 Å². The summed E-state index contributed by atoms with van der Waals surface area (Å²) >= 11 is 0. The molecule has 0 saturated carbocycles. The first-order valence-electron chi connectivity index (χ1n) is 11.0. The van der Waals surface area contributed by atoms with Gasteiger partial charge < -0.3 is 10.1 Å². The number of nitrogens with zero attached hydrogens (tertiary/aromatic N) is 1. The fourth-order valence-electron chi connectivity index (χ4n) is 4.07. The Hall–Kier alpha value is -3.86. The summed E-state index contributed by atoms with van der Waals surface area (Å²) in [6, 6.07) is 20.8. The highest BCUT2D eigenvalue weighted by molar-refractivity contribution is 6.46. The zero-order valence-electron chi connectivity index (χ0n) is 19.6. The van der Waals surface area contributed by atoms with Crippen molar-refractivity contribution in [1.29, 1.82) is 0 Å². The maximum absolute atomic E-state index is 13.7. The Morgan fingerprint density at radius 2 is 1.61 bits per heavy atom. The summed E-state index contributed by atoms with van der Waals surface area (Å²) in [5, 5.41) is 3.24. The van der Waals surface area contributed by atoms with Gasteiger partial charge in [0, 0.05) is 11.8 Å². The van der Waals surface area contributed by atoms with Gasteiger partial charge in [-0.15, -0.1) is 0 Å². The Morgan fingerprint density at radius 3 is 2.24 bits per heavy atom. The lowest BCUT2D eigenvalue weighted by molar-refractivity contribution is -0.120. The van der Waals surface area contributed by atoms with Crippen LogP contribution in [-0.4, -0.2) is 18.9 Å². The Labute approximate surface area is 194 Å². The fraction of sp³-hybridized carbons (Fsp3) is 0.214. The molecule has 0 saturated heterocycles. The van der Waals surface area contributed by atoms with E-state index in [1.54, 1.807) is 31.4 Å². The number of hydrogen-bond donors (Lipinski definition) is 1. The molecule has 1 heterocycles. The van der Waals surface area contributed by atoms with E-state index in [0.29, 0.717) is 22.9 Å². The summed E-state index contributed by atoms with van der Waals surface area (Å²) in [7, 11) is 1.56. The number of carbonyl (C=O) groups is 2. The molecule has 0 bridgehead atoms. The summed E-state index contributed by atoms with van der Waals surface area (Å²) in [5.41, 5.74) is 5.84. The van der Waals surface area contributed by atoms with Crippen molar-refractivity contribution in [3.05, 3.63) is 94.7 Å². The van der Waals surface area contributed by atoms with Crippen LogP contribution < -0.4 is 15.0 Å². The van der Waals surface area contributed by atoms with Gasteiger partial charge in [-0.25, -0.2) is 4.90 Å². The van der Waals surface area contributed by atoms with Gasteiger partial charge in [0.15, 0.2) is 0 Å². The molecule has 0 spiro atoms. The maximum Gasteiger partial charge on any atom is 0.282 e. The normalized spacial score (nSPS) is 13.8. The topological polar surface area (TPSA) is 58.6 Å². The van der Waals surface area contributed by atoms with E-state index in [0.717, 1.165) is 22.4 Å². The van der Waals surface area contributed by atoms with Crippen molar-refractivity contribution >= 4 is 28.8 Å². The second kappa shape index (κ2) is 8.94. The molecule has 5 heteroatoms. The Balaban J connectivity index is 1.82. The number of methoxy groups -OCH3 is 1. The number of ether oxygens (including phenoxy) is 1. The molecular weight excluding hydrogens is 412 g/mol. The van der Waals surface area contributed by atoms with E-state index in [1.807, 2.05) is 56.3 Å². The van der Waals surface area contributed by atoms with Gasteiger partial charge >= 0.3 is 0 Å². The number of anilines is 2. The molecule has 4 rings (SSSR count). The lowest BCUT2D eigenvalue weighted by Gasteiger charge is -2.16. The molecule has 0 fully saturated rings. The van der Waals surface area contributed by atoms with Crippen LogP contribution in [0.5, 0.6) is 5.75 Å². The molecule has 1 aliphatic heterocycles. The van der Waals surface area contributed by atoms with Crippen LogP contribution >= 0.6 is 0 Å². The van der Waals surface area contributed by atoms with Gasteiger partial charge in [-0.05, 0) is 60.7 Å². The SMILES string of the molecule is COc1cccc(N2C(=O)C(Nc3ccc(C(C)C)cc3)=C(c3ccc(C)cc3C)C2=O)c1. The quantitative estimate of drug-likeness (QED) is 0.490. The van der Waals surface area contributed by atoms with Gasteiger partial charge in [-0.2, -0.15) is 0 Å². The second-order valence-electron chi connectivity index (χ2n) is 8.62. The van der Waals surface area contributed by atoms with E-state index in [4.69, 9.17) is 4.74 Å². The third-order valence-corrected chi connectivity index (χ3v) is 5.89. The molecule has 0 aromatic heterocycles. The van der Waals surface area contributed by atoms with Crippen LogP contribution in [0.1, 0.15) is 42.0 Å². The smallest absolute Gasteiger partial charge is 0.282 e. The number of imide groups is 1. The minimum absolute atomic E-state index is 0.270. The van der Waals surface area contributed by atoms with Crippen LogP contribution in [0, 0.1) is 13.8 Å². The van der Waals surface area contributed by atoms with Gasteiger partial charge in [0.25, 0.3) is 11.8 Å². The number of benzene rings is 3. The molecule has 5 nitrogen and oxygen atoms in total. The van der Waals surface area contributed by atoms with E-state index in [1.165, 1.54) is 10.5 Å². The lowest BCUT2D eigenvalue weighted by atomic mass is 9.97. The van der Waals surface area contributed by atoms with E-state index < -0.39 is 5.91 Å². The van der Waals surface area contributed by atoms with Crippen molar-refractivity contribution in [2.24, 2.45) is 0 Å². The summed E-state index contributed by atoms with van der Waals surface area (Å²) in [5.74, 6) is 0.229. The molecule has 0 atom stereocenters. The number of hydrogen-bond acceptors (Lipinski definition) is 4. The Morgan fingerprint density at radius 1 is 0.879 bits per heavy atom. The molecule has 168 valence electrons. The van der Waals surface area contributed by atoms with Crippen molar-refractivity contribution in [2.75, 3.05) is 17.3 Å². The van der Waals surface area contributed by atoms with Crippen LogP contribution in [0.4, 0.5) is 11.4 Å². The molecule has 0 unspecified atom stereocenters. The monoisotopic (exact) mass is 440 g/mol. The molecule has 2 amide bonds. The van der Waals surface area contributed by atoms with Crippen LogP contribution in [0.15, 0.2) is 72.4 Å². The minimum Gasteiger partial charge on any atom is -0.497 e. The minimum atomic E-state index is -0.392. The third kappa shape index (κ3) is 4.27. The van der Waals surface area contributed by atoms with Crippen molar-refractivity contribution < 1.29 is 14.3 Å². The average Bonchev–Trinajstić information content (AvgIpc) is 3.03. The van der Waals surface area contributed by atoms with Crippen molar-refractivity contribution in [3.8, 4) is 5.75 Å². The first-order chi connectivity index (χ1) is 15.8. The molecule has 0 aliphatic carbocycles. The molecule has 3 aromatic carbocycles. The summed E-state index contributed by atoms with van der Waals surface area (Å²) in [6.45, 7) is 8.23. The van der Waals surface area contributed by atoms with Crippen molar-refractivity contribution in [2.45, 2.75) is 33.6 Å². The first-order valence-corrected chi connectivity index (χ1v) is 11.0. The highest BCUT2D eigenvalue weighted by Crippen LogP contribution is 2.36. The van der Waals surface area contributed by atoms with Crippen molar-refractivity contribution in [1.82, 2.24) is 0 Å². The van der Waals surface area contributed by atoms with Gasteiger partial charge in [0.1, 0.15) is 11.4 Å². The van der Waals surface area contributed by atoms with Gasteiger partial charge in [0.2, 0.25) is 0 Å². The Kier molecular flexibility index (Phi) is 6.05. The molecular formula is C28H28N2O3. The number of rotatable bonds is 6. The molecule has 0 radical (unpaired) electrons. The van der Waals surface area contributed by atoms with E-state index in [2.05, 4.69) is 19.2 Å². The van der Waals surface area contributed by atoms with Gasteiger partial charge in [-0.3, -0.25) is 9.59 Å².